The van der Waals surface area contributed by atoms with E-state index >= 15 is 0 Å². The lowest BCUT2D eigenvalue weighted by Gasteiger charge is -2.42. The van der Waals surface area contributed by atoms with E-state index < -0.39 is 0 Å². The Hall–Kier alpha value is -5.42. The van der Waals surface area contributed by atoms with Crippen molar-refractivity contribution < 1.29 is 9.15 Å². The van der Waals surface area contributed by atoms with Crippen molar-refractivity contribution in [1.29, 1.82) is 0 Å². The summed E-state index contributed by atoms with van der Waals surface area (Å²) in [5, 5.41) is 2.17. The van der Waals surface area contributed by atoms with Gasteiger partial charge >= 0.3 is 0 Å². The standard InChI is InChI=1S/C37H27N3O2/c1-37(2)28-17-16-26(41-25-11-9-10-24(22-25)30-13-5-7-20-38-30)23-31(28)40(34-15-6-8-21-39-34)36-29(37)18-19-33-35(36)27-12-3-4-14-32(27)42-33/h3-23H,1-2H3. The summed E-state index contributed by atoms with van der Waals surface area (Å²) in [5.41, 5.74) is 7.89. The molecule has 0 amide bonds. The van der Waals surface area contributed by atoms with E-state index in [0.717, 1.165) is 61.9 Å². The first-order valence-electron chi connectivity index (χ1n) is 14.1. The van der Waals surface area contributed by atoms with Crippen molar-refractivity contribution in [3.05, 3.63) is 139 Å². The Balaban J connectivity index is 1.32. The highest BCUT2D eigenvalue weighted by atomic mass is 16.5. The molecule has 1 aliphatic heterocycles. The van der Waals surface area contributed by atoms with Crippen LogP contribution in [0.15, 0.2) is 132 Å². The second kappa shape index (κ2) is 9.32. The van der Waals surface area contributed by atoms with Gasteiger partial charge in [0.05, 0.1) is 22.5 Å². The molecule has 0 spiro atoms. The van der Waals surface area contributed by atoms with Crippen LogP contribution < -0.4 is 9.64 Å². The van der Waals surface area contributed by atoms with Gasteiger partial charge in [0.15, 0.2) is 0 Å². The number of pyridine rings is 2. The van der Waals surface area contributed by atoms with Gasteiger partial charge < -0.3 is 9.15 Å². The van der Waals surface area contributed by atoms with E-state index in [1.807, 2.05) is 72.9 Å². The normalized spacial score (nSPS) is 13.6. The number of furan rings is 1. The van der Waals surface area contributed by atoms with Gasteiger partial charge in [-0.25, -0.2) is 4.98 Å². The summed E-state index contributed by atoms with van der Waals surface area (Å²) < 4.78 is 12.8. The Morgan fingerprint density at radius 3 is 2.29 bits per heavy atom. The molecule has 42 heavy (non-hydrogen) atoms. The van der Waals surface area contributed by atoms with E-state index in [4.69, 9.17) is 14.1 Å². The molecule has 0 unspecified atom stereocenters. The van der Waals surface area contributed by atoms with Gasteiger partial charge in [0, 0.05) is 34.8 Å². The van der Waals surface area contributed by atoms with Gasteiger partial charge in [-0.2, -0.15) is 0 Å². The molecule has 7 aromatic rings. The fourth-order valence-electron chi connectivity index (χ4n) is 6.20. The van der Waals surface area contributed by atoms with E-state index in [-0.39, 0.29) is 5.41 Å². The van der Waals surface area contributed by atoms with Crippen LogP contribution in [0.3, 0.4) is 0 Å². The molecule has 0 saturated heterocycles. The van der Waals surface area contributed by atoms with E-state index in [0.29, 0.717) is 0 Å². The Bertz CT molecular complexity index is 2100. The zero-order valence-corrected chi connectivity index (χ0v) is 23.3. The highest BCUT2D eigenvalue weighted by Crippen LogP contribution is 2.55. The summed E-state index contributed by atoms with van der Waals surface area (Å²) >= 11 is 0. The van der Waals surface area contributed by atoms with Crippen molar-refractivity contribution in [3.63, 3.8) is 0 Å². The molecule has 8 rings (SSSR count). The lowest BCUT2D eigenvalue weighted by atomic mass is 9.73. The molecule has 4 heterocycles. The van der Waals surface area contributed by atoms with Crippen LogP contribution in [0, 0.1) is 0 Å². The number of benzene rings is 4. The van der Waals surface area contributed by atoms with Crippen LogP contribution >= 0.6 is 0 Å². The maximum absolute atomic E-state index is 6.50. The Labute approximate surface area is 243 Å². The molecule has 5 nitrogen and oxygen atoms in total. The summed E-state index contributed by atoms with van der Waals surface area (Å²) in [6.07, 6.45) is 3.64. The highest BCUT2D eigenvalue weighted by molar-refractivity contribution is 6.15. The van der Waals surface area contributed by atoms with Gasteiger partial charge in [-0.3, -0.25) is 9.88 Å². The number of ether oxygens (including phenoxy) is 1. The molecule has 0 aliphatic carbocycles. The van der Waals surface area contributed by atoms with Crippen molar-refractivity contribution in [2.24, 2.45) is 0 Å². The second-order valence-corrected chi connectivity index (χ2v) is 11.1. The molecule has 4 aromatic carbocycles. The molecule has 5 heteroatoms. The smallest absolute Gasteiger partial charge is 0.137 e. The molecule has 0 fully saturated rings. The fourth-order valence-corrected chi connectivity index (χ4v) is 6.20. The maximum atomic E-state index is 6.50. The number of aromatic nitrogens is 2. The number of fused-ring (bicyclic) bond motifs is 6. The van der Waals surface area contributed by atoms with Gasteiger partial charge in [0.1, 0.15) is 28.5 Å². The minimum absolute atomic E-state index is 0.278. The summed E-state index contributed by atoms with van der Waals surface area (Å²) in [6, 6.07) is 38.9. The van der Waals surface area contributed by atoms with Gasteiger partial charge in [0.2, 0.25) is 0 Å². The zero-order valence-electron chi connectivity index (χ0n) is 23.3. The fraction of sp³-hybridized carbons (Fsp3) is 0.0811. The number of nitrogens with zero attached hydrogens (tertiary/aromatic N) is 3. The number of hydrogen-bond donors (Lipinski definition) is 0. The van der Waals surface area contributed by atoms with Crippen molar-refractivity contribution in [2.75, 3.05) is 4.90 Å². The van der Waals surface area contributed by atoms with Crippen LogP contribution in [0.1, 0.15) is 25.0 Å². The third kappa shape index (κ3) is 3.78. The van der Waals surface area contributed by atoms with Crippen LogP contribution in [0.5, 0.6) is 11.5 Å². The van der Waals surface area contributed by atoms with Crippen molar-refractivity contribution in [1.82, 2.24) is 9.97 Å². The van der Waals surface area contributed by atoms with Crippen LogP contribution in [0.25, 0.3) is 33.2 Å². The molecule has 3 aromatic heterocycles. The van der Waals surface area contributed by atoms with Crippen molar-refractivity contribution >= 4 is 39.1 Å². The predicted molar refractivity (Wildman–Crippen MR) is 168 cm³/mol. The first kappa shape index (κ1) is 24.4. The molecule has 0 atom stereocenters. The lowest BCUT2D eigenvalue weighted by molar-refractivity contribution is 0.482. The van der Waals surface area contributed by atoms with Crippen molar-refractivity contribution in [2.45, 2.75) is 19.3 Å². The number of anilines is 3. The summed E-state index contributed by atoms with van der Waals surface area (Å²) in [7, 11) is 0. The number of hydrogen-bond acceptors (Lipinski definition) is 5. The molecule has 0 bridgehead atoms. The molecule has 0 saturated carbocycles. The minimum Gasteiger partial charge on any atom is -0.457 e. The predicted octanol–water partition coefficient (Wildman–Crippen LogP) is 9.94. The van der Waals surface area contributed by atoms with E-state index in [1.54, 1.807) is 6.20 Å². The maximum Gasteiger partial charge on any atom is 0.137 e. The SMILES string of the molecule is CC1(C)c2ccc(Oc3cccc(-c4ccccn4)c3)cc2N(c2ccccn2)c2c1ccc1oc3ccccc3c21. The van der Waals surface area contributed by atoms with E-state index in [9.17, 15) is 0 Å². The first-order chi connectivity index (χ1) is 20.6. The zero-order chi connectivity index (χ0) is 28.3. The third-order valence-corrected chi connectivity index (χ3v) is 8.21. The quantitative estimate of drug-likeness (QED) is 0.220. The summed E-state index contributed by atoms with van der Waals surface area (Å²) in [6.45, 7) is 4.57. The van der Waals surface area contributed by atoms with Crippen LogP contribution in [-0.2, 0) is 5.41 Å². The van der Waals surface area contributed by atoms with Gasteiger partial charge in [-0.15, -0.1) is 0 Å². The van der Waals surface area contributed by atoms with Crippen LogP contribution in [0.4, 0.5) is 17.2 Å². The van der Waals surface area contributed by atoms with Gasteiger partial charge in [-0.05, 0) is 65.7 Å². The molecule has 202 valence electrons. The second-order valence-electron chi connectivity index (χ2n) is 11.1. The van der Waals surface area contributed by atoms with Gasteiger partial charge in [-0.1, -0.05) is 68.4 Å². The summed E-state index contributed by atoms with van der Waals surface area (Å²) in [5.74, 6) is 2.33. The Morgan fingerprint density at radius 1 is 0.667 bits per heavy atom. The third-order valence-electron chi connectivity index (χ3n) is 8.21. The number of rotatable bonds is 4. The van der Waals surface area contributed by atoms with E-state index in [1.165, 1.54) is 11.1 Å². The first-order valence-corrected chi connectivity index (χ1v) is 14.1. The Morgan fingerprint density at radius 2 is 1.45 bits per heavy atom. The molecule has 0 N–H and O–H groups in total. The van der Waals surface area contributed by atoms with Crippen LogP contribution in [0.2, 0.25) is 0 Å². The molecule has 0 radical (unpaired) electrons. The topological polar surface area (TPSA) is 51.4 Å². The monoisotopic (exact) mass is 545 g/mol. The Kier molecular flexibility index (Phi) is 5.41. The largest absolute Gasteiger partial charge is 0.457 e. The van der Waals surface area contributed by atoms with Crippen LogP contribution in [-0.4, -0.2) is 9.97 Å². The van der Waals surface area contributed by atoms with E-state index in [2.05, 4.69) is 72.3 Å². The number of para-hydroxylation sites is 1. The summed E-state index contributed by atoms with van der Waals surface area (Å²) in [4.78, 5) is 11.6. The molecule has 1 aliphatic rings. The minimum atomic E-state index is -0.278. The lowest BCUT2D eigenvalue weighted by Crippen LogP contribution is -2.31. The molecular weight excluding hydrogens is 518 g/mol. The molecular formula is C37H27N3O2. The van der Waals surface area contributed by atoms with Gasteiger partial charge in [0.25, 0.3) is 0 Å². The average molecular weight is 546 g/mol. The highest BCUT2D eigenvalue weighted by Gasteiger charge is 2.39. The van der Waals surface area contributed by atoms with Crippen molar-refractivity contribution in [3.8, 4) is 22.8 Å². The average Bonchev–Trinajstić information content (AvgIpc) is 3.41.